The van der Waals surface area contributed by atoms with Crippen LogP contribution >= 0.6 is 0 Å². The molecule has 8 heteroatoms. The fourth-order valence-corrected chi connectivity index (χ4v) is 3.09. The molecule has 2 aromatic heterocycles. The first-order valence-corrected chi connectivity index (χ1v) is 9.68. The van der Waals surface area contributed by atoms with Crippen LogP contribution in [-0.4, -0.2) is 40.2 Å². The molecule has 0 aliphatic carbocycles. The number of aromatic nitrogens is 4. The maximum atomic E-state index is 4.46. The summed E-state index contributed by atoms with van der Waals surface area (Å²) in [6, 6.07) is 18.2. The van der Waals surface area contributed by atoms with E-state index < -0.39 is 0 Å². The molecule has 0 aliphatic heterocycles. The van der Waals surface area contributed by atoms with Crippen molar-refractivity contribution in [2.24, 2.45) is 5.10 Å². The van der Waals surface area contributed by atoms with Gasteiger partial charge >= 0.3 is 0 Å². The highest BCUT2D eigenvalue weighted by Crippen LogP contribution is 2.20. The smallest absolute Gasteiger partial charge is 0.250 e. The molecule has 2 heterocycles. The number of aromatic amines is 1. The minimum atomic E-state index is 0.373. The zero-order valence-corrected chi connectivity index (χ0v) is 17.2. The maximum Gasteiger partial charge on any atom is 0.250 e. The Morgan fingerprint density at radius 2 is 1.70 bits per heavy atom. The van der Waals surface area contributed by atoms with Crippen molar-refractivity contribution in [2.75, 3.05) is 29.7 Å². The van der Waals surface area contributed by atoms with E-state index in [-0.39, 0.29) is 0 Å². The molecule has 0 amide bonds. The molecule has 0 saturated carbocycles. The Hall–Kier alpha value is -3.94. The van der Waals surface area contributed by atoms with Gasteiger partial charge in [-0.15, -0.1) is 0 Å². The number of aryl methyl sites for hydroxylation is 1. The first-order chi connectivity index (χ1) is 14.6. The lowest BCUT2D eigenvalue weighted by Crippen LogP contribution is -2.16. The van der Waals surface area contributed by atoms with Crippen LogP contribution in [0.2, 0.25) is 0 Å². The van der Waals surface area contributed by atoms with E-state index in [4.69, 9.17) is 0 Å². The van der Waals surface area contributed by atoms with Crippen molar-refractivity contribution in [1.29, 1.82) is 0 Å². The summed E-state index contributed by atoms with van der Waals surface area (Å²) in [5.74, 6) is 1.40. The topological polar surface area (TPSA) is 94.1 Å². The molecule has 0 fully saturated rings. The SMILES string of the molecule is Cc1[nH]c2ccccc2c1/C=N\Nc1nc(NCc2ccccc2)nc(N(C)C)n1. The lowest BCUT2D eigenvalue weighted by atomic mass is 10.1. The van der Waals surface area contributed by atoms with E-state index in [0.29, 0.717) is 24.4 Å². The van der Waals surface area contributed by atoms with Crippen molar-refractivity contribution in [2.45, 2.75) is 13.5 Å². The van der Waals surface area contributed by atoms with Crippen LogP contribution in [0.5, 0.6) is 0 Å². The van der Waals surface area contributed by atoms with Crippen molar-refractivity contribution >= 4 is 35.0 Å². The van der Waals surface area contributed by atoms with Crippen molar-refractivity contribution < 1.29 is 0 Å². The highest BCUT2D eigenvalue weighted by molar-refractivity contribution is 6.00. The third-order valence-corrected chi connectivity index (χ3v) is 4.62. The van der Waals surface area contributed by atoms with Gasteiger partial charge in [0.15, 0.2) is 0 Å². The second-order valence-corrected chi connectivity index (χ2v) is 7.10. The van der Waals surface area contributed by atoms with Crippen LogP contribution in [-0.2, 0) is 6.54 Å². The van der Waals surface area contributed by atoms with Gasteiger partial charge in [0.2, 0.25) is 17.8 Å². The Balaban J connectivity index is 1.53. The van der Waals surface area contributed by atoms with E-state index in [1.165, 1.54) is 0 Å². The number of hydrogen-bond acceptors (Lipinski definition) is 7. The molecule has 2 aromatic carbocycles. The number of para-hydroxylation sites is 1. The van der Waals surface area contributed by atoms with Crippen LogP contribution in [0.3, 0.4) is 0 Å². The van der Waals surface area contributed by atoms with Crippen molar-refractivity contribution in [3.8, 4) is 0 Å². The molecule has 152 valence electrons. The summed E-state index contributed by atoms with van der Waals surface area (Å²) in [6.45, 7) is 2.65. The lowest BCUT2D eigenvalue weighted by Gasteiger charge is -2.13. The summed E-state index contributed by atoms with van der Waals surface area (Å²) < 4.78 is 0. The molecule has 0 unspecified atom stereocenters. The molecule has 30 heavy (non-hydrogen) atoms. The number of hydrogen-bond donors (Lipinski definition) is 3. The number of benzene rings is 2. The number of nitrogens with zero attached hydrogens (tertiary/aromatic N) is 5. The van der Waals surface area contributed by atoms with E-state index in [0.717, 1.165) is 27.7 Å². The molecule has 3 N–H and O–H groups in total. The summed E-state index contributed by atoms with van der Waals surface area (Å²) in [6.07, 6.45) is 1.78. The van der Waals surface area contributed by atoms with Gasteiger partial charge in [-0.3, -0.25) is 0 Å². The van der Waals surface area contributed by atoms with Gasteiger partial charge < -0.3 is 15.2 Å². The van der Waals surface area contributed by atoms with E-state index in [2.05, 4.69) is 41.8 Å². The minimum Gasteiger partial charge on any atom is -0.358 e. The molecule has 0 spiro atoms. The van der Waals surface area contributed by atoms with Crippen LogP contribution in [0.1, 0.15) is 16.8 Å². The average molecular weight is 400 g/mol. The Bertz CT molecular complexity index is 1160. The van der Waals surface area contributed by atoms with E-state index >= 15 is 0 Å². The van der Waals surface area contributed by atoms with Crippen molar-refractivity contribution in [3.63, 3.8) is 0 Å². The fraction of sp³-hybridized carbons (Fsp3) is 0.182. The Kier molecular flexibility index (Phi) is 5.56. The number of anilines is 3. The summed E-state index contributed by atoms with van der Waals surface area (Å²) in [5.41, 5.74) is 7.25. The van der Waals surface area contributed by atoms with Gasteiger partial charge in [0.25, 0.3) is 0 Å². The quantitative estimate of drug-likeness (QED) is 0.323. The van der Waals surface area contributed by atoms with Gasteiger partial charge in [-0.1, -0.05) is 48.5 Å². The number of fused-ring (bicyclic) bond motifs is 1. The van der Waals surface area contributed by atoms with Crippen LogP contribution < -0.4 is 15.6 Å². The maximum absolute atomic E-state index is 4.46. The Morgan fingerprint density at radius 1 is 0.967 bits per heavy atom. The molecular formula is C22H24N8. The predicted molar refractivity (Wildman–Crippen MR) is 122 cm³/mol. The van der Waals surface area contributed by atoms with E-state index in [1.54, 1.807) is 6.21 Å². The average Bonchev–Trinajstić information content (AvgIpc) is 3.08. The third-order valence-electron chi connectivity index (χ3n) is 4.62. The highest BCUT2D eigenvalue weighted by Gasteiger charge is 2.09. The van der Waals surface area contributed by atoms with Crippen molar-refractivity contribution in [3.05, 3.63) is 71.4 Å². The summed E-state index contributed by atoms with van der Waals surface area (Å²) in [4.78, 5) is 18.5. The number of H-pyrrole nitrogens is 1. The second-order valence-electron chi connectivity index (χ2n) is 7.10. The number of hydrazone groups is 1. The highest BCUT2D eigenvalue weighted by atomic mass is 15.4. The second kappa shape index (κ2) is 8.60. The van der Waals surface area contributed by atoms with Crippen LogP contribution in [0.4, 0.5) is 17.8 Å². The first kappa shape index (κ1) is 19.4. The number of rotatable bonds is 7. The van der Waals surface area contributed by atoms with Gasteiger partial charge in [-0.2, -0.15) is 20.1 Å². The summed E-state index contributed by atoms with van der Waals surface area (Å²) in [7, 11) is 3.78. The molecule has 8 nitrogen and oxygen atoms in total. The number of nitrogens with one attached hydrogen (secondary N) is 3. The molecule has 0 atom stereocenters. The molecule has 0 radical (unpaired) electrons. The van der Waals surface area contributed by atoms with E-state index in [9.17, 15) is 0 Å². The molecule has 0 saturated heterocycles. The predicted octanol–water partition coefficient (Wildman–Crippen LogP) is 3.79. The molecule has 4 rings (SSSR count). The van der Waals surface area contributed by atoms with E-state index in [1.807, 2.05) is 74.4 Å². The Labute approximate surface area is 175 Å². The van der Waals surface area contributed by atoms with Gasteiger partial charge in [-0.05, 0) is 18.6 Å². The Morgan fingerprint density at radius 3 is 2.50 bits per heavy atom. The van der Waals surface area contributed by atoms with Crippen LogP contribution in [0.25, 0.3) is 10.9 Å². The third kappa shape index (κ3) is 4.38. The fourth-order valence-electron chi connectivity index (χ4n) is 3.09. The lowest BCUT2D eigenvalue weighted by molar-refractivity contribution is 0.939. The van der Waals surface area contributed by atoms with Gasteiger partial charge in [0.1, 0.15) is 0 Å². The zero-order valence-electron chi connectivity index (χ0n) is 17.2. The van der Waals surface area contributed by atoms with Gasteiger partial charge in [0.05, 0.1) is 6.21 Å². The summed E-state index contributed by atoms with van der Waals surface area (Å²) >= 11 is 0. The zero-order chi connectivity index (χ0) is 20.9. The van der Waals surface area contributed by atoms with Crippen molar-refractivity contribution in [1.82, 2.24) is 19.9 Å². The van der Waals surface area contributed by atoms with Gasteiger partial charge in [0, 0.05) is 42.8 Å². The first-order valence-electron chi connectivity index (χ1n) is 9.68. The normalized spacial score (nSPS) is 11.2. The molecule has 0 aliphatic rings. The standard InChI is InChI=1S/C22H24N8/c1-15-18(17-11-7-8-12-19(17)25-15)14-24-29-21-26-20(27-22(28-21)30(2)3)23-13-16-9-5-4-6-10-16/h4-12,14,25H,13H2,1-3H3,(H2,23,26,27,28,29)/b24-14-. The molecule has 4 aromatic rings. The van der Waals surface area contributed by atoms with Gasteiger partial charge in [-0.25, -0.2) is 5.43 Å². The van der Waals surface area contributed by atoms with Crippen LogP contribution in [0, 0.1) is 6.92 Å². The largest absolute Gasteiger partial charge is 0.358 e. The van der Waals surface area contributed by atoms with Crippen LogP contribution in [0.15, 0.2) is 59.7 Å². The monoisotopic (exact) mass is 400 g/mol. The molecular weight excluding hydrogens is 376 g/mol. The summed E-state index contributed by atoms with van der Waals surface area (Å²) in [5, 5.41) is 8.73. The minimum absolute atomic E-state index is 0.373. The molecule has 0 bridgehead atoms.